The van der Waals surface area contributed by atoms with Crippen LogP contribution in [0, 0.1) is 6.92 Å². The molecule has 0 aliphatic carbocycles. The highest BCUT2D eigenvalue weighted by Crippen LogP contribution is 2.22. The summed E-state index contributed by atoms with van der Waals surface area (Å²) in [6.07, 6.45) is -2.13. The minimum Gasteiger partial charge on any atom is -0.497 e. The van der Waals surface area contributed by atoms with Crippen molar-refractivity contribution in [1.82, 2.24) is 24.9 Å². The lowest BCUT2D eigenvalue weighted by Gasteiger charge is -2.16. The van der Waals surface area contributed by atoms with E-state index in [2.05, 4.69) is 20.4 Å². The number of methoxy groups -OCH3 is 1. The second-order valence-electron chi connectivity index (χ2n) is 5.98. The lowest BCUT2D eigenvalue weighted by atomic mass is 10.0. The van der Waals surface area contributed by atoms with Crippen molar-refractivity contribution in [2.24, 2.45) is 0 Å². The monoisotopic (exact) mass is 375 g/mol. The standard InChI is InChI=1S/C18H19F2N5O2/c1-4-13(11-5-7-12(27-3)8-6-11)22-17(26)16-23-18-21-10(2)9-14(15(19)20)25(18)24-16/h5-9,13,15H,4H2,1-3H3,(H,22,26). The number of carbonyl (C=O) groups excluding carboxylic acids is 1. The third-order valence-electron chi connectivity index (χ3n) is 4.13. The smallest absolute Gasteiger partial charge is 0.291 e. The Morgan fingerprint density at radius 3 is 2.56 bits per heavy atom. The Morgan fingerprint density at radius 1 is 1.26 bits per heavy atom. The molecule has 0 aliphatic heterocycles. The fourth-order valence-corrected chi connectivity index (χ4v) is 2.75. The molecule has 0 radical (unpaired) electrons. The molecule has 1 N–H and O–H groups in total. The zero-order valence-electron chi connectivity index (χ0n) is 15.1. The molecule has 0 aliphatic rings. The van der Waals surface area contributed by atoms with Crippen molar-refractivity contribution in [3.05, 3.63) is 53.1 Å². The Labute approximate surface area is 154 Å². The highest BCUT2D eigenvalue weighted by atomic mass is 19.3. The van der Waals surface area contributed by atoms with Gasteiger partial charge >= 0.3 is 0 Å². The van der Waals surface area contributed by atoms with Crippen LogP contribution in [0.1, 0.15) is 53.4 Å². The van der Waals surface area contributed by atoms with Crippen LogP contribution in [0.3, 0.4) is 0 Å². The van der Waals surface area contributed by atoms with Gasteiger partial charge in [-0.15, -0.1) is 5.10 Å². The molecule has 1 amide bonds. The van der Waals surface area contributed by atoms with Gasteiger partial charge in [-0.2, -0.15) is 9.50 Å². The van der Waals surface area contributed by atoms with E-state index >= 15 is 0 Å². The van der Waals surface area contributed by atoms with Crippen LogP contribution in [0.5, 0.6) is 5.75 Å². The lowest BCUT2D eigenvalue weighted by molar-refractivity contribution is 0.0924. The van der Waals surface area contributed by atoms with E-state index in [1.807, 2.05) is 19.1 Å². The van der Waals surface area contributed by atoms with Crippen LogP contribution in [0.25, 0.3) is 5.78 Å². The molecule has 0 saturated heterocycles. The largest absolute Gasteiger partial charge is 0.497 e. The zero-order chi connectivity index (χ0) is 19.6. The number of carbonyl (C=O) groups is 1. The summed E-state index contributed by atoms with van der Waals surface area (Å²) in [6.45, 7) is 3.50. The van der Waals surface area contributed by atoms with Crippen molar-refractivity contribution in [3.63, 3.8) is 0 Å². The fourth-order valence-electron chi connectivity index (χ4n) is 2.75. The summed E-state index contributed by atoms with van der Waals surface area (Å²) in [4.78, 5) is 20.6. The lowest BCUT2D eigenvalue weighted by Crippen LogP contribution is -2.29. The molecule has 2 aromatic heterocycles. The van der Waals surface area contributed by atoms with Crippen LogP contribution < -0.4 is 10.1 Å². The Balaban J connectivity index is 1.87. The zero-order valence-corrected chi connectivity index (χ0v) is 15.1. The van der Waals surface area contributed by atoms with Crippen molar-refractivity contribution in [1.29, 1.82) is 0 Å². The van der Waals surface area contributed by atoms with Crippen LogP contribution in [0.4, 0.5) is 8.78 Å². The van der Waals surface area contributed by atoms with Crippen LogP contribution >= 0.6 is 0 Å². The third kappa shape index (κ3) is 3.86. The van der Waals surface area contributed by atoms with Gasteiger partial charge in [0.1, 0.15) is 11.4 Å². The number of nitrogens with one attached hydrogen (secondary N) is 1. The average Bonchev–Trinajstić information content (AvgIpc) is 3.09. The van der Waals surface area contributed by atoms with Gasteiger partial charge in [0.2, 0.25) is 5.82 Å². The van der Waals surface area contributed by atoms with Crippen LogP contribution in [0.15, 0.2) is 30.3 Å². The molecule has 1 atom stereocenters. The van der Waals surface area contributed by atoms with Crippen molar-refractivity contribution in [2.45, 2.75) is 32.7 Å². The van der Waals surface area contributed by atoms with Gasteiger partial charge < -0.3 is 10.1 Å². The molecule has 142 valence electrons. The van der Waals surface area contributed by atoms with E-state index in [9.17, 15) is 13.6 Å². The summed E-state index contributed by atoms with van der Waals surface area (Å²) in [5.74, 6) is -0.0844. The summed E-state index contributed by atoms with van der Waals surface area (Å²) < 4.78 is 32.4. The van der Waals surface area contributed by atoms with Gasteiger partial charge in [0, 0.05) is 5.69 Å². The van der Waals surface area contributed by atoms with E-state index in [0.717, 1.165) is 10.1 Å². The minimum atomic E-state index is -2.76. The normalized spacial score (nSPS) is 12.4. The maximum absolute atomic E-state index is 13.2. The van der Waals surface area contributed by atoms with Gasteiger partial charge in [-0.25, -0.2) is 13.8 Å². The quantitative estimate of drug-likeness (QED) is 0.715. The summed E-state index contributed by atoms with van der Waals surface area (Å²) in [6, 6.07) is 8.25. The van der Waals surface area contributed by atoms with Crippen LogP contribution in [-0.4, -0.2) is 32.6 Å². The molecule has 0 saturated carbocycles. The molecule has 3 rings (SSSR count). The molecule has 0 fully saturated rings. The number of hydrogen-bond donors (Lipinski definition) is 1. The summed E-state index contributed by atoms with van der Waals surface area (Å²) in [5, 5.41) is 6.74. The Kier molecular flexibility index (Phi) is 5.29. The average molecular weight is 375 g/mol. The first-order chi connectivity index (χ1) is 12.9. The summed E-state index contributed by atoms with van der Waals surface area (Å²) in [7, 11) is 1.58. The van der Waals surface area contributed by atoms with E-state index in [4.69, 9.17) is 4.74 Å². The highest BCUT2D eigenvalue weighted by Gasteiger charge is 2.22. The van der Waals surface area contributed by atoms with Crippen LogP contribution in [-0.2, 0) is 0 Å². The molecule has 1 aromatic carbocycles. The fraction of sp³-hybridized carbons (Fsp3) is 0.333. The number of rotatable bonds is 6. The molecule has 0 bridgehead atoms. The molecule has 2 heterocycles. The first kappa shape index (κ1) is 18.7. The molecule has 7 nitrogen and oxygen atoms in total. The Bertz CT molecular complexity index is 956. The second kappa shape index (κ2) is 7.65. The predicted molar refractivity (Wildman–Crippen MR) is 94.0 cm³/mol. The molecule has 3 aromatic rings. The summed E-state index contributed by atoms with van der Waals surface area (Å²) in [5.41, 5.74) is 0.908. The summed E-state index contributed by atoms with van der Waals surface area (Å²) >= 11 is 0. The number of nitrogens with zero attached hydrogens (tertiary/aromatic N) is 4. The SMILES string of the molecule is CCC(NC(=O)c1nc2nc(C)cc(C(F)F)n2n1)c1ccc(OC)cc1. The van der Waals surface area contributed by atoms with Crippen molar-refractivity contribution in [3.8, 4) is 5.75 Å². The number of amides is 1. The number of alkyl halides is 2. The molecule has 9 heteroatoms. The van der Waals surface area contributed by atoms with Gasteiger partial charge in [0.15, 0.2) is 0 Å². The third-order valence-corrected chi connectivity index (χ3v) is 4.13. The number of aryl methyl sites for hydroxylation is 1. The number of benzene rings is 1. The first-order valence-electron chi connectivity index (χ1n) is 8.40. The van der Waals surface area contributed by atoms with Gasteiger partial charge in [-0.05, 0) is 37.1 Å². The molecule has 0 spiro atoms. The number of aromatic nitrogens is 4. The van der Waals surface area contributed by atoms with Gasteiger partial charge in [0.05, 0.1) is 13.2 Å². The number of hydrogen-bond acceptors (Lipinski definition) is 5. The molecule has 27 heavy (non-hydrogen) atoms. The molecule has 1 unspecified atom stereocenters. The molecular formula is C18H19F2N5O2. The number of ether oxygens (including phenoxy) is 1. The predicted octanol–water partition coefficient (Wildman–Crippen LogP) is 3.26. The van der Waals surface area contributed by atoms with Crippen molar-refractivity contribution in [2.75, 3.05) is 7.11 Å². The number of fused-ring (bicyclic) bond motifs is 1. The topological polar surface area (TPSA) is 81.4 Å². The Morgan fingerprint density at radius 2 is 1.96 bits per heavy atom. The van der Waals surface area contributed by atoms with Crippen LogP contribution in [0.2, 0.25) is 0 Å². The first-order valence-corrected chi connectivity index (χ1v) is 8.40. The number of halogens is 2. The van der Waals surface area contributed by atoms with E-state index in [-0.39, 0.29) is 23.3 Å². The van der Waals surface area contributed by atoms with E-state index < -0.39 is 12.3 Å². The van der Waals surface area contributed by atoms with E-state index in [0.29, 0.717) is 17.9 Å². The van der Waals surface area contributed by atoms with Gasteiger partial charge in [0.25, 0.3) is 18.1 Å². The minimum absolute atomic E-state index is 0.0343. The van der Waals surface area contributed by atoms with E-state index in [1.54, 1.807) is 26.2 Å². The maximum Gasteiger partial charge on any atom is 0.291 e. The maximum atomic E-state index is 13.2. The van der Waals surface area contributed by atoms with Crippen molar-refractivity contribution >= 4 is 11.7 Å². The molecular weight excluding hydrogens is 356 g/mol. The van der Waals surface area contributed by atoms with E-state index in [1.165, 1.54) is 6.07 Å². The Hall–Kier alpha value is -3.10. The highest BCUT2D eigenvalue weighted by molar-refractivity contribution is 5.91. The second-order valence-corrected chi connectivity index (χ2v) is 5.98. The van der Waals surface area contributed by atoms with Crippen molar-refractivity contribution < 1.29 is 18.3 Å². The van der Waals surface area contributed by atoms with Gasteiger partial charge in [-0.3, -0.25) is 4.79 Å². The van der Waals surface area contributed by atoms with Gasteiger partial charge in [-0.1, -0.05) is 19.1 Å².